The molecular formula is C14H15ClNO4S+. The van der Waals surface area contributed by atoms with E-state index in [0.29, 0.717) is 6.54 Å². The van der Waals surface area contributed by atoms with Crippen LogP contribution in [0.2, 0.25) is 0 Å². The molecule has 1 aliphatic rings. The molecule has 0 saturated heterocycles. The maximum Gasteiger partial charge on any atom is 0.275 e. The Hall–Kier alpha value is -0.860. The molecule has 2 aromatic rings. The molecule has 21 heavy (non-hydrogen) atoms. The molecule has 0 radical (unpaired) electrons. The van der Waals surface area contributed by atoms with E-state index in [1.54, 1.807) is 0 Å². The van der Waals surface area contributed by atoms with Gasteiger partial charge in [0, 0.05) is 17.0 Å². The third-order valence-electron chi connectivity index (χ3n) is 3.80. The van der Waals surface area contributed by atoms with Gasteiger partial charge in [-0.2, -0.15) is 14.0 Å². The van der Waals surface area contributed by atoms with Gasteiger partial charge >= 0.3 is 0 Å². The lowest BCUT2D eigenvalue weighted by atomic mass is 10.1. The van der Waals surface area contributed by atoms with Gasteiger partial charge in [0.2, 0.25) is 5.69 Å². The van der Waals surface area contributed by atoms with Crippen LogP contribution in [0.1, 0.15) is 13.8 Å². The lowest BCUT2D eigenvalue weighted by Gasteiger charge is -2.28. The van der Waals surface area contributed by atoms with Crippen LogP contribution in [0.5, 0.6) is 0 Å². The minimum Gasteiger partial charge on any atom is -0.177 e. The molecule has 5 nitrogen and oxygen atoms in total. The van der Waals surface area contributed by atoms with E-state index in [4.69, 9.17) is 4.39 Å². The number of benzene rings is 2. The van der Waals surface area contributed by atoms with Gasteiger partial charge in [0.1, 0.15) is 16.8 Å². The summed E-state index contributed by atoms with van der Waals surface area (Å²) < 4.78 is 38.3. The topological polar surface area (TPSA) is 78.4 Å². The molecule has 112 valence electrons. The second kappa shape index (κ2) is 5.10. The zero-order valence-corrected chi connectivity index (χ0v) is 13.2. The molecule has 0 bridgehead atoms. The predicted molar refractivity (Wildman–Crippen MR) is 72.7 cm³/mol. The first-order valence-corrected chi connectivity index (χ1v) is 8.67. The van der Waals surface area contributed by atoms with E-state index in [2.05, 4.69) is 0 Å². The summed E-state index contributed by atoms with van der Waals surface area (Å²) in [6.07, 6.45) is 0. The van der Waals surface area contributed by atoms with E-state index in [-0.39, 0.29) is 10.0 Å². The van der Waals surface area contributed by atoms with E-state index in [1.807, 2.05) is 50.2 Å². The van der Waals surface area contributed by atoms with E-state index < -0.39 is 10.2 Å². The third-order valence-corrected chi connectivity index (χ3v) is 5.48. The summed E-state index contributed by atoms with van der Waals surface area (Å²) >= 11 is 1.52. The fraction of sp³-hybridized carbons (Fsp3) is 0.286. The van der Waals surface area contributed by atoms with Crippen LogP contribution in [0.25, 0.3) is 10.8 Å². The van der Waals surface area contributed by atoms with Crippen molar-refractivity contribution in [1.29, 1.82) is 0 Å². The number of halogens is 1. The summed E-state index contributed by atoms with van der Waals surface area (Å²) in [5.74, 6) is 0. The minimum absolute atomic E-state index is 0.216. The Morgan fingerprint density at radius 3 is 2.57 bits per heavy atom. The van der Waals surface area contributed by atoms with Gasteiger partial charge < -0.3 is 0 Å². The van der Waals surface area contributed by atoms with Gasteiger partial charge in [-0.1, -0.05) is 36.0 Å². The van der Waals surface area contributed by atoms with E-state index in [0.717, 1.165) is 21.4 Å². The van der Waals surface area contributed by atoms with Gasteiger partial charge in [-0.3, -0.25) is 0 Å². The van der Waals surface area contributed by atoms with Crippen LogP contribution in [0.3, 0.4) is 0 Å². The number of fused-ring (bicyclic) bond motifs is 3. The Morgan fingerprint density at radius 1 is 1.19 bits per heavy atom. The second-order valence-electron chi connectivity index (χ2n) is 4.91. The van der Waals surface area contributed by atoms with Crippen LogP contribution < -0.4 is 18.6 Å². The lowest BCUT2D eigenvalue weighted by molar-refractivity contribution is -1.92. The highest BCUT2D eigenvalue weighted by molar-refractivity contribution is 8.00. The first-order chi connectivity index (χ1) is 9.87. The van der Waals surface area contributed by atoms with Gasteiger partial charge in [-0.05, 0) is 24.4 Å². The number of hydrogen-bond acceptors (Lipinski definition) is 5. The normalized spacial score (nSPS) is 25.3. The summed E-state index contributed by atoms with van der Waals surface area (Å²) in [6.45, 7) is 4.03. The summed E-state index contributed by atoms with van der Waals surface area (Å²) in [7, 11) is -4.52. The van der Waals surface area contributed by atoms with Crippen LogP contribution in [0.4, 0.5) is 5.69 Å². The lowest BCUT2D eigenvalue weighted by Crippen LogP contribution is -2.69. The summed E-state index contributed by atoms with van der Waals surface area (Å²) in [5, 5.41) is 1.69. The molecule has 0 N–H and O–H groups in total. The van der Waals surface area contributed by atoms with Crippen LogP contribution in [-0.2, 0) is 4.39 Å². The SMILES string of the molecule is CC[N+]1(O[Cl+3]([O-])([O-])[O-])c2c(ccc3ccccc23)SC1C. The van der Waals surface area contributed by atoms with Gasteiger partial charge in [-0.15, -0.1) is 0 Å². The maximum absolute atomic E-state index is 11.2. The molecule has 0 fully saturated rings. The molecule has 0 spiro atoms. The van der Waals surface area contributed by atoms with Crippen molar-refractivity contribution in [2.45, 2.75) is 24.1 Å². The summed E-state index contributed by atoms with van der Waals surface area (Å²) in [4.78, 5) is 0.946. The quantitative estimate of drug-likeness (QED) is 0.764. The summed E-state index contributed by atoms with van der Waals surface area (Å²) in [6, 6.07) is 11.6. The first kappa shape index (κ1) is 15.1. The van der Waals surface area contributed by atoms with Crippen molar-refractivity contribution < 1.29 is 28.6 Å². The Kier molecular flexibility index (Phi) is 3.66. The highest BCUT2D eigenvalue weighted by Crippen LogP contribution is 2.52. The maximum atomic E-state index is 11.2. The predicted octanol–water partition coefficient (Wildman–Crippen LogP) is 0.448. The van der Waals surface area contributed by atoms with Crippen LogP contribution in [0, 0.1) is 10.2 Å². The minimum atomic E-state index is -4.52. The Balaban J connectivity index is 2.27. The highest BCUT2D eigenvalue weighted by Gasteiger charge is 2.58. The van der Waals surface area contributed by atoms with Crippen molar-refractivity contribution in [1.82, 2.24) is 4.65 Å². The van der Waals surface area contributed by atoms with Crippen molar-refractivity contribution in [2.24, 2.45) is 0 Å². The summed E-state index contributed by atoms with van der Waals surface area (Å²) in [5.41, 5.74) is 0.750. The molecule has 0 aliphatic carbocycles. The molecule has 2 unspecified atom stereocenters. The molecule has 7 heteroatoms. The fourth-order valence-electron chi connectivity index (χ4n) is 2.88. The van der Waals surface area contributed by atoms with Crippen molar-refractivity contribution in [3.05, 3.63) is 36.4 Å². The third kappa shape index (κ3) is 2.43. The largest absolute Gasteiger partial charge is 0.275 e. The van der Waals surface area contributed by atoms with E-state index >= 15 is 0 Å². The van der Waals surface area contributed by atoms with E-state index in [9.17, 15) is 14.0 Å². The molecule has 2 atom stereocenters. The zero-order valence-electron chi connectivity index (χ0n) is 11.6. The van der Waals surface area contributed by atoms with Gasteiger partial charge in [-0.25, -0.2) is 0 Å². The monoisotopic (exact) mass is 328 g/mol. The number of hydrogen-bond donors (Lipinski definition) is 0. The van der Waals surface area contributed by atoms with Crippen LogP contribution in [0.15, 0.2) is 41.3 Å². The van der Waals surface area contributed by atoms with E-state index in [1.165, 1.54) is 11.8 Å². The van der Waals surface area contributed by atoms with Crippen LogP contribution >= 0.6 is 11.8 Å². The number of quaternary nitrogens is 1. The molecule has 1 heterocycles. The molecule has 0 amide bonds. The average Bonchev–Trinajstić information content (AvgIpc) is 2.70. The number of hydroxylamine groups is 2. The molecule has 3 rings (SSSR count). The fourth-order valence-corrected chi connectivity index (χ4v) is 4.87. The van der Waals surface area contributed by atoms with Crippen LogP contribution in [-0.4, -0.2) is 11.9 Å². The Morgan fingerprint density at radius 2 is 1.90 bits per heavy atom. The standard InChI is InChI=1S/C14H15ClNO4S/c1-3-16(20-15(17,18)19)10(2)21-13-9-8-11-6-4-5-7-12(11)14(13)16/h4-10H,3H2,1-2H3/q+1. The number of nitrogens with zero attached hydrogens (tertiary/aromatic N) is 1. The van der Waals surface area contributed by atoms with Crippen molar-refractivity contribution in [3.8, 4) is 0 Å². The first-order valence-electron chi connectivity index (χ1n) is 6.56. The number of thioether (sulfide) groups is 1. The second-order valence-corrected chi connectivity index (χ2v) is 7.16. The van der Waals surface area contributed by atoms with Crippen molar-refractivity contribution in [3.63, 3.8) is 0 Å². The van der Waals surface area contributed by atoms with Gasteiger partial charge in [0.15, 0.2) is 5.37 Å². The van der Waals surface area contributed by atoms with Gasteiger partial charge in [0.25, 0.3) is 4.39 Å². The van der Waals surface area contributed by atoms with Crippen molar-refractivity contribution >= 4 is 28.2 Å². The molecule has 1 aliphatic heterocycles. The molecular weight excluding hydrogens is 314 g/mol. The Bertz CT molecular complexity index is 690. The van der Waals surface area contributed by atoms with Gasteiger partial charge in [0.05, 0.1) is 4.90 Å². The Labute approximate surface area is 129 Å². The number of rotatable bonds is 3. The average molecular weight is 329 g/mol. The highest BCUT2D eigenvalue weighted by atomic mass is 35.7. The molecule has 0 saturated carbocycles. The zero-order chi connectivity index (χ0) is 15.3. The smallest absolute Gasteiger partial charge is 0.177 e. The molecule has 2 aromatic carbocycles. The van der Waals surface area contributed by atoms with Crippen molar-refractivity contribution in [2.75, 3.05) is 6.54 Å². The molecule has 0 aromatic heterocycles.